The molecular formula is C19H23ClFNO3. The van der Waals surface area contributed by atoms with Crippen LogP contribution in [0.15, 0.2) is 48.5 Å². The van der Waals surface area contributed by atoms with Crippen LogP contribution in [0.3, 0.4) is 0 Å². The topological polar surface area (TPSA) is 41.9 Å². The summed E-state index contributed by atoms with van der Waals surface area (Å²) in [5.41, 5.74) is 0.587. The smallest absolute Gasteiger partial charge is 0.127 e. The van der Waals surface area contributed by atoms with Gasteiger partial charge in [-0.3, -0.25) is 4.90 Å². The van der Waals surface area contributed by atoms with Crippen molar-refractivity contribution in [3.05, 3.63) is 64.9 Å². The van der Waals surface area contributed by atoms with Gasteiger partial charge in [0.05, 0.1) is 6.61 Å². The summed E-state index contributed by atoms with van der Waals surface area (Å²) >= 11 is 5.83. The fourth-order valence-electron chi connectivity index (χ4n) is 2.40. The number of halogens is 2. The molecule has 1 N–H and O–H groups in total. The average molecular weight is 368 g/mol. The van der Waals surface area contributed by atoms with Gasteiger partial charge < -0.3 is 14.6 Å². The van der Waals surface area contributed by atoms with Gasteiger partial charge in [0, 0.05) is 37.3 Å². The molecule has 0 saturated carbocycles. The van der Waals surface area contributed by atoms with E-state index in [9.17, 15) is 9.50 Å². The first-order valence-electron chi connectivity index (χ1n) is 8.09. The van der Waals surface area contributed by atoms with Crippen LogP contribution in [0.5, 0.6) is 5.75 Å². The van der Waals surface area contributed by atoms with Crippen LogP contribution < -0.4 is 4.74 Å². The maximum absolute atomic E-state index is 13.9. The predicted molar refractivity (Wildman–Crippen MR) is 96.5 cm³/mol. The highest BCUT2D eigenvalue weighted by molar-refractivity contribution is 6.30. The SMILES string of the molecule is COCCN(Cc1ccccc1F)C[C@@H](O)COc1ccc(Cl)cc1. The quantitative estimate of drug-likeness (QED) is 0.699. The molecular weight excluding hydrogens is 345 g/mol. The Morgan fingerprint density at radius 2 is 1.88 bits per heavy atom. The third-order valence-electron chi connectivity index (χ3n) is 3.69. The maximum Gasteiger partial charge on any atom is 0.127 e. The lowest BCUT2D eigenvalue weighted by Gasteiger charge is -2.25. The zero-order valence-electron chi connectivity index (χ0n) is 14.2. The van der Waals surface area contributed by atoms with E-state index >= 15 is 0 Å². The Morgan fingerprint density at radius 3 is 2.56 bits per heavy atom. The highest BCUT2D eigenvalue weighted by Crippen LogP contribution is 2.16. The van der Waals surface area contributed by atoms with E-state index in [1.165, 1.54) is 6.07 Å². The maximum atomic E-state index is 13.9. The minimum Gasteiger partial charge on any atom is -0.491 e. The number of hydrogen-bond donors (Lipinski definition) is 1. The van der Waals surface area contributed by atoms with Crippen LogP contribution >= 0.6 is 11.6 Å². The monoisotopic (exact) mass is 367 g/mol. The van der Waals surface area contributed by atoms with Crippen molar-refractivity contribution in [2.45, 2.75) is 12.6 Å². The van der Waals surface area contributed by atoms with Crippen LogP contribution in [0.25, 0.3) is 0 Å². The van der Waals surface area contributed by atoms with E-state index in [1.807, 2.05) is 4.90 Å². The molecule has 0 bridgehead atoms. The van der Waals surface area contributed by atoms with Gasteiger partial charge >= 0.3 is 0 Å². The largest absolute Gasteiger partial charge is 0.491 e. The van der Waals surface area contributed by atoms with E-state index in [0.29, 0.717) is 42.6 Å². The molecule has 0 unspecified atom stereocenters. The van der Waals surface area contributed by atoms with Gasteiger partial charge in [-0.25, -0.2) is 4.39 Å². The van der Waals surface area contributed by atoms with Gasteiger partial charge in [-0.15, -0.1) is 0 Å². The molecule has 2 aromatic carbocycles. The summed E-state index contributed by atoms with van der Waals surface area (Å²) in [4.78, 5) is 1.94. The number of ether oxygens (including phenoxy) is 2. The molecule has 136 valence electrons. The predicted octanol–water partition coefficient (Wildman–Crippen LogP) is 3.37. The van der Waals surface area contributed by atoms with E-state index in [-0.39, 0.29) is 12.4 Å². The lowest BCUT2D eigenvalue weighted by Crippen LogP contribution is -2.37. The minimum absolute atomic E-state index is 0.141. The Labute approximate surface area is 152 Å². The first-order valence-corrected chi connectivity index (χ1v) is 8.47. The van der Waals surface area contributed by atoms with Crippen LogP contribution in [0.1, 0.15) is 5.56 Å². The molecule has 2 aromatic rings. The van der Waals surface area contributed by atoms with Gasteiger partial charge in [-0.05, 0) is 30.3 Å². The average Bonchev–Trinajstić information content (AvgIpc) is 2.61. The molecule has 0 aromatic heterocycles. The van der Waals surface area contributed by atoms with Gasteiger partial charge in [-0.1, -0.05) is 29.8 Å². The molecule has 0 saturated heterocycles. The molecule has 2 rings (SSSR count). The van der Waals surface area contributed by atoms with Crippen molar-refractivity contribution in [3.8, 4) is 5.75 Å². The molecule has 6 heteroatoms. The third-order valence-corrected chi connectivity index (χ3v) is 3.94. The van der Waals surface area contributed by atoms with Crippen molar-refractivity contribution < 1.29 is 19.0 Å². The summed E-state index contributed by atoms with van der Waals surface area (Å²) in [6, 6.07) is 13.6. The van der Waals surface area contributed by atoms with Crippen LogP contribution in [0.4, 0.5) is 4.39 Å². The fourth-order valence-corrected chi connectivity index (χ4v) is 2.52. The van der Waals surface area contributed by atoms with E-state index in [4.69, 9.17) is 21.1 Å². The number of aliphatic hydroxyl groups is 1. The van der Waals surface area contributed by atoms with Crippen LogP contribution in [-0.2, 0) is 11.3 Å². The molecule has 0 radical (unpaired) electrons. The van der Waals surface area contributed by atoms with Gasteiger partial charge in [0.2, 0.25) is 0 Å². The van der Waals surface area contributed by atoms with Crippen molar-refractivity contribution in [1.82, 2.24) is 4.90 Å². The van der Waals surface area contributed by atoms with Crippen molar-refractivity contribution in [1.29, 1.82) is 0 Å². The molecule has 0 amide bonds. The van der Waals surface area contributed by atoms with E-state index in [0.717, 1.165) is 0 Å². The fraction of sp³-hybridized carbons (Fsp3) is 0.368. The first kappa shape index (κ1) is 19.7. The summed E-state index contributed by atoms with van der Waals surface area (Å²) < 4.78 is 24.5. The normalized spacial score (nSPS) is 12.4. The standard InChI is InChI=1S/C19H23ClFNO3/c1-24-11-10-22(12-15-4-2-3-5-19(15)21)13-17(23)14-25-18-8-6-16(20)7-9-18/h2-9,17,23H,10-14H2,1H3/t17-/m1/s1. The molecule has 1 atom stereocenters. The Kier molecular flexibility index (Phi) is 8.15. The summed E-state index contributed by atoms with van der Waals surface area (Å²) in [5.74, 6) is 0.387. The Morgan fingerprint density at radius 1 is 1.16 bits per heavy atom. The number of methoxy groups -OCH3 is 1. The number of rotatable bonds is 10. The summed E-state index contributed by atoms with van der Waals surface area (Å²) in [6.07, 6.45) is -0.709. The highest BCUT2D eigenvalue weighted by Gasteiger charge is 2.14. The van der Waals surface area contributed by atoms with E-state index in [1.54, 1.807) is 49.6 Å². The highest BCUT2D eigenvalue weighted by atomic mass is 35.5. The van der Waals surface area contributed by atoms with Gasteiger partial charge in [0.25, 0.3) is 0 Å². The van der Waals surface area contributed by atoms with Crippen LogP contribution in [0.2, 0.25) is 5.02 Å². The summed E-state index contributed by atoms with van der Waals surface area (Å²) in [7, 11) is 1.61. The van der Waals surface area contributed by atoms with Crippen LogP contribution in [-0.4, -0.2) is 49.5 Å². The second-order valence-corrected chi connectivity index (χ2v) is 6.17. The van der Waals surface area contributed by atoms with Crippen molar-refractivity contribution in [2.75, 3.05) is 33.4 Å². The number of benzene rings is 2. The van der Waals surface area contributed by atoms with Crippen molar-refractivity contribution in [2.24, 2.45) is 0 Å². The summed E-state index contributed by atoms with van der Waals surface area (Å²) in [6.45, 7) is 1.98. The minimum atomic E-state index is -0.709. The van der Waals surface area contributed by atoms with Crippen molar-refractivity contribution in [3.63, 3.8) is 0 Å². The van der Waals surface area contributed by atoms with E-state index < -0.39 is 6.10 Å². The molecule has 25 heavy (non-hydrogen) atoms. The van der Waals surface area contributed by atoms with Crippen molar-refractivity contribution >= 4 is 11.6 Å². The zero-order valence-corrected chi connectivity index (χ0v) is 15.0. The van der Waals surface area contributed by atoms with Gasteiger partial charge in [0.1, 0.15) is 24.3 Å². The summed E-state index contributed by atoms with van der Waals surface area (Å²) in [5, 5.41) is 10.9. The Balaban J connectivity index is 1.88. The zero-order chi connectivity index (χ0) is 18.1. The van der Waals surface area contributed by atoms with Crippen LogP contribution in [0, 0.1) is 5.82 Å². The Bertz CT molecular complexity index is 639. The van der Waals surface area contributed by atoms with E-state index in [2.05, 4.69) is 0 Å². The molecule has 0 fully saturated rings. The van der Waals surface area contributed by atoms with Gasteiger partial charge in [-0.2, -0.15) is 0 Å². The van der Waals surface area contributed by atoms with Gasteiger partial charge in [0.15, 0.2) is 0 Å². The number of nitrogens with zero attached hydrogens (tertiary/aromatic N) is 1. The molecule has 0 aliphatic heterocycles. The molecule has 4 nitrogen and oxygen atoms in total. The molecule has 0 aliphatic carbocycles. The lowest BCUT2D eigenvalue weighted by atomic mass is 10.2. The molecule has 0 aliphatic rings. The molecule has 0 heterocycles. The second kappa shape index (κ2) is 10.4. The number of hydrogen-bond acceptors (Lipinski definition) is 4. The Hall–Kier alpha value is -1.66. The lowest BCUT2D eigenvalue weighted by molar-refractivity contribution is 0.0538. The second-order valence-electron chi connectivity index (χ2n) is 5.74. The molecule has 0 spiro atoms. The third kappa shape index (κ3) is 7.00. The number of aliphatic hydroxyl groups excluding tert-OH is 1. The first-order chi connectivity index (χ1) is 12.1.